The van der Waals surface area contributed by atoms with Gasteiger partial charge in [0, 0.05) is 18.1 Å². The number of rotatable bonds is 4. The number of hydrogen-bond acceptors (Lipinski definition) is 4. The van der Waals surface area contributed by atoms with Crippen LogP contribution < -0.4 is 4.72 Å². The Labute approximate surface area is 139 Å². The number of aryl methyl sites for hydroxylation is 2. The summed E-state index contributed by atoms with van der Waals surface area (Å²) < 4.78 is 42.6. The van der Waals surface area contributed by atoms with Gasteiger partial charge in [0.25, 0.3) is 10.0 Å². The number of sulfonamides is 1. The largest absolute Gasteiger partial charge is 0.290 e. The first-order valence-corrected chi connectivity index (χ1v) is 8.61. The zero-order valence-electron chi connectivity index (χ0n) is 13.1. The zero-order chi connectivity index (χ0) is 17.3. The van der Waals surface area contributed by atoms with Crippen LogP contribution in [-0.2, 0) is 10.0 Å². The molecule has 0 aliphatic heterocycles. The quantitative estimate of drug-likeness (QED) is 0.788. The van der Waals surface area contributed by atoms with E-state index in [9.17, 15) is 12.8 Å². The summed E-state index contributed by atoms with van der Waals surface area (Å²) in [6.07, 6.45) is 3.16. The van der Waals surface area contributed by atoms with E-state index in [4.69, 9.17) is 0 Å². The van der Waals surface area contributed by atoms with Crippen molar-refractivity contribution in [2.75, 3.05) is 4.72 Å². The molecule has 24 heavy (non-hydrogen) atoms. The van der Waals surface area contributed by atoms with Gasteiger partial charge in [-0.2, -0.15) is 8.42 Å². The molecule has 0 aliphatic rings. The summed E-state index contributed by atoms with van der Waals surface area (Å²) in [6, 6.07) is 8.74. The topological polar surface area (TPSA) is 76.9 Å². The molecule has 0 radical (unpaired) electrons. The lowest BCUT2D eigenvalue weighted by Gasteiger charge is -2.12. The Kier molecular flexibility index (Phi) is 4.06. The maximum Gasteiger partial charge on any atom is 0.277 e. The summed E-state index contributed by atoms with van der Waals surface area (Å²) in [5, 5.41) is 0.0302. The van der Waals surface area contributed by atoms with Gasteiger partial charge in [-0.3, -0.25) is 9.29 Å². The Bertz CT molecular complexity index is 999. The van der Waals surface area contributed by atoms with Crippen LogP contribution in [0.25, 0.3) is 5.82 Å². The van der Waals surface area contributed by atoms with Gasteiger partial charge in [-0.05, 0) is 55.8 Å². The monoisotopic (exact) mass is 346 g/mol. The third-order valence-electron chi connectivity index (χ3n) is 3.41. The van der Waals surface area contributed by atoms with E-state index in [2.05, 4.69) is 14.7 Å². The highest BCUT2D eigenvalue weighted by Crippen LogP contribution is 2.21. The molecule has 2 aromatic heterocycles. The molecular weight excluding hydrogens is 331 g/mol. The minimum atomic E-state index is -3.86. The molecule has 124 valence electrons. The second-order valence-electron chi connectivity index (χ2n) is 5.25. The van der Waals surface area contributed by atoms with Crippen LogP contribution in [-0.4, -0.2) is 23.0 Å². The minimum Gasteiger partial charge on any atom is -0.290 e. The van der Waals surface area contributed by atoms with Crippen LogP contribution in [0.3, 0.4) is 0 Å². The number of halogens is 1. The Morgan fingerprint density at radius 3 is 2.67 bits per heavy atom. The van der Waals surface area contributed by atoms with Gasteiger partial charge in [-0.25, -0.2) is 14.4 Å². The van der Waals surface area contributed by atoms with E-state index in [1.165, 1.54) is 28.8 Å². The highest BCUT2D eigenvalue weighted by atomic mass is 32.2. The first-order valence-electron chi connectivity index (χ1n) is 7.13. The summed E-state index contributed by atoms with van der Waals surface area (Å²) in [5.41, 5.74) is 0.650. The molecule has 3 aromatic rings. The van der Waals surface area contributed by atoms with E-state index in [1.54, 1.807) is 38.4 Å². The summed E-state index contributed by atoms with van der Waals surface area (Å²) in [4.78, 5) is 8.23. The minimum absolute atomic E-state index is 0.0302. The van der Waals surface area contributed by atoms with Gasteiger partial charge < -0.3 is 0 Å². The molecule has 0 aliphatic carbocycles. The normalized spacial score (nSPS) is 11.5. The molecule has 6 nitrogen and oxygen atoms in total. The van der Waals surface area contributed by atoms with Gasteiger partial charge in [-0.15, -0.1) is 0 Å². The van der Waals surface area contributed by atoms with Crippen molar-refractivity contribution in [1.82, 2.24) is 14.5 Å². The molecule has 0 saturated heterocycles. The summed E-state index contributed by atoms with van der Waals surface area (Å²) in [5.74, 6) is 0.590. The average molecular weight is 346 g/mol. The van der Waals surface area contributed by atoms with Crippen LogP contribution in [0, 0.1) is 19.7 Å². The Hall–Kier alpha value is -2.74. The average Bonchev–Trinajstić information content (AvgIpc) is 3.01. The second kappa shape index (κ2) is 6.04. The Balaban J connectivity index is 1.99. The van der Waals surface area contributed by atoms with Crippen LogP contribution >= 0.6 is 0 Å². The van der Waals surface area contributed by atoms with Gasteiger partial charge >= 0.3 is 0 Å². The van der Waals surface area contributed by atoms with Gasteiger partial charge in [0.15, 0.2) is 5.03 Å². The molecular formula is C16H15FN4O2S. The number of benzene rings is 1. The van der Waals surface area contributed by atoms with Gasteiger partial charge in [0.05, 0.1) is 0 Å². The Morgan fingerprint density at radius 1 is 1.17 bits per heavy atom. The fraction of sp³-hybridized carbons (Fsp3) is 0.125. The summed E-state index contributed by atoms with van der Waals surface area (Å²) in [7, 11) is -3.86. The maximum atomic E-state index is 13.3. The lowest BCUT2D eigenvalue weighted by molar-refractivity contribution is 0.594. The number of aromatic nitrogens is 3. The number of anilines is 1. The van der Waals surface area contributed by atoms with Crippen molar-refractivity contribution in [2.45, 2.75) is 18.9 Å². The smallest absolute Gasteiger partial charge is 0.277 e. The molecule has 2 heterocycles. The van der Waals surface area contributed by atoms with E-state index in [0.29, 0.717) is 22.9 Å². The molecule has 0 spiro atoms. The van der Waals surface area contributed by atoms with Gasteiger partial charge in [-0.1, -0.05) is 0 Å². The lowest BCUT2D eigenvalue weighted by atomic mass is 10.2. The highest BCUT2D eigenvalue weighted by molar-refractivity contribution is 7.92. The molecule has 0 atom stereocenters. The van der Waals surface area contributed by atoms with E-state index in [0.717, 1.165) is 0 Å². The zero-order valence-corrected chi connectivity index (χ0v) is 13.9. The van der Waals surface area contributed by atoms with Crippen molar-refractivity contribution in [3.05, 3.63) is 66.0 Å². The van der Waals surface area contributed by atoms with Crippen molar-refractivity contribution in [3.8, 4) is 5.82 Å². The molecule has 8 heteroatoms. The van der Waals surface area contributed by atoms with Gasteiger partial charge in [0.2, 0.25) is 0 Å². The third-order valence-corrected chi connectivity index (χ3v) is 4.79. The third kappa shape index (κ3) is 3.13. The number of hydrogen-bond donors (Lipinski definition) is 1. The van der Waals surface area contributed by atoms with E-state index in [-0.39, 0.29) is 5.03 Å². The Morgan fingerprint density at radius 2 is 1.96 bits per heavy atom. The van der Waals surface area contributed by atoms with E-state index >= 15 is 0 Å². The van der Waals surface area contributed by atoms with Crippen LogP contribution in [0.1, 0.15) is 11.4 Å². The fourth-order valence-electron chi connectivity index (χ4n) is 2.27. The molecule has 0 fully saturated rings. The van der Waals surface area contributed by atoms with Crippen LogP contribution in [0.4, 0.5) is 10.1 Å². The molecule has 0 saturated carbocycles. The van der Waals surface area contributed by atoms with Gasteiger partial charge in [0.1, 0.15) is 17.5 Å². The molecule has 3 rings (SSSR count). The predicted octanol–water partition coefficient (Wildman–Crippen LogP) is 2.82. The van der Waals surface area contributed by atoms with Crippen molar-refractivity contribution in [3.63, 3.8) is 0 Å². The van der Waals surface area contributed by atoms with Crippen molar-refractivity contribution < 1.29 is 12.8 Å². The number of nitrogens with zero attached hydrogens (tertiary/aromatic N) is 3. The van der Waals surface area contributed by atoms with Crippen LogP contribution in [0.2, 0.25) is 0 Å². The molecule has 0 bridgehead atoms. The highest BCUT2D eigenvalue weighted by Gasteiger charge is 2.20. The van der Waals surface area contributed by atoms with Crippen LogP contribution in [0.5, 0.6) is 0 Å². The van der Waals surface area contributed by atoms with Crippen molar-refractivity contribution in [1.29, 1.82) is 0 Å². The van der Waals surface area contributed by atoms with E-state index < -0.39 is 15.8 Å². The SMILES string of the molecule is Cc1nccc(-n2cccc2S(=O)(=O)Nc2ccc(F)c(C)c2)n1. The lowest BCUT2D eigenvalue weighted by Crippen LogP contribution is -2.17. The first kappa shape index (κ1) is 16.1. The van der Waals surface area contributed by atoms with Crippen molar-refractivity contribution >= 4 is 15.7 Å². The summed E-state index contributed by atoms with van der Waals surface area (Å²) >= 11 is 0. The van der Waals surface area contributed by atoms with E-state index in [1.807, 2.05) is 0 Å². The predicted molar refractivity (Wildman–Crippen MR) is 88.0 cm³/mol. The first-order chi connectivity index (χ1) is 11.4. The second-order valence-corrected chi connectivity index (χ2v) is 6.88. The molecule has 1 N–H and O–H groups in total. The van der Waals surface area contributed by atoms with Crippen LogP contribution in [0.15, 0.2) is 53.8 Å². The summed E-state index contributed by atoms with van der Waals surface area (Å²) in [6.45, 7) is 3.29. The van der Waals surface area contributed by atoms with Crippen molar-refractivity contribution in [2.24, 2.45) is 0 Å². The maximum absolute atomic E-state index is 13.3. The fourth-order valence-corrected chi connectivity index (χ4v) is 3.48. The molecule has 0 unspecified atom stereocenters. The molecule has 0 amide bonds. The number of nitrogens with one attached hydrogen (secondary N) is 1. The standard InChI is InChI=1S/C16H15FN4O2S/c1-11-10-13(5-6-14(11)17)20-24(22,23)16-4-3-9-21(16)15-7-8-18-12(2)19-15/h3-10,20H,1-2H3. The molecule has 1 aromatic carbocycles.